The molecule has 0 spiro atoms. The van der Waals surface area contributed by atoms with E-state index in [1.54, 1.807) is 0 Å². The monoisotopic (exact) mass is 252 g/mol. The summed E-state index contributed by atoms with van der Waals surface area (Å²) < 4.78 is 0. The summed E-state index contributed by atoms with van der Waals surface area (Å²) in [6.07, 6.45) is 4.90. The number of nitrogens with two attached hydrogens (primary N) is 1. The lowest BCUT2D eigenvalue weighted by molar-refractivity contribution is 0.183. The number of aromatic nitrogens is 1. The molecule has 0 fully saturated rings. The minimum Gasteiger partial charge on any atom is -0.322 e. The van der Waals surface area contributed by atoms with Crippen molar-refractivity contribution in [2.75, 3.05) is 0 Å². The summed E-state index contributed by atoms with van der Waals surface area (Å²) in [5.41, 5.74) is 7.70. The molecule has 17 heavy (non-hydrogen) atoms. The van der Waals surface area contributed by atoms with Crippen LogP contribution in [-0.2, 0) is 12.8 Å². The molecule has 1 aliphatic carbocycles. The highest BCUT2D eigenvalue weighted by atomic mass is 32.1. The van der Waals surface area contributed by atoms with Gasteiger partial charge in [0.2, 0.25) is 0 Å². The van der Waals surface area contributed by atoms with Gasteiger partial charge in [-0.3, -0.25) is 0 Å². The first-order valence-electron chi connectivity index (χ1n) is 6.68. The zero-order valence-electron chi connectivity index (χ0n) is 11.4. The number of thiazole rings is 1. The fraction of sp³-hybridized carbons (Fsp3) is 0.786. The van der Waals surface area contributed by atoms with Gasteiger partial charge in [-0.25, -0.2) is 4.98 Å². The van der Waals surface area contributed by atoms with Crippen LogP contribution in [0.2, 0.25) is 0 Å². The summed E-state index contributed by atoms with van der Waals surface area (Å²) in [6.45, 7) is 9.12. The fourth-order valence-electron chi connectivity index (χ4n) is 2.55. The maximum absolute atomic E-state index is 5.92. The number of hydrogen-bond donors (Lipinski definition) is 1. The third-order valence-corrected chi connectivity index (χ3v) is 5.68. The fourth-order valence-corrected chi connectivity index (χ4v) is 3.69. The van der Waals surface area contributed by atoms with Gasteiger partial charge in [0, 0.05) is 4.88 Å². The van der Waals surface area contributed by atoms with Crippen molar-refractivity contribution >= 4 is 11.3 Å². The molecule has 2 nitrogen and oxygen atoms in total. The van der Waals surface area contributed by atoms with E-state index in [2.05, 4.69) is 25.8 Å². The van der Waals surface area contributed by atoms with Crippen LogP contribution in [0.4, 0.5) is 0 Å². The molecule has 2 N–H and O–H groups in total. The van der Waals surface area contributed by atoms with Crippen molar-refractivity contribution in [1.29, 1.82) is 0 Å². The smallest absolute Gasteiger partial charge is 0.110 e. The molecule has 0 saturated heterocycles. The number of fused-ring (bicyclic) bond motifs is 1. The topological polar surface area (TPSA) is 38.9 Å². The Kier molecular flexibility index (Phi) is 3.60. The highest BCUT2D eigenvalue weighted by Gasteiger charge is 2.32. The summed E-state index contributed by atoms with van der Waals surface area (Å²) in [6, 6.07) is 0.0863. The standard InChI is InChI=1S/C14H24N2S/c1-5-14(3,4)10-6-7-11-12(8-10)17-13(16-11)9(2)15/h9-10H,5-8,15H2,1-4H3. The SMILES string of the molecule is CCC(C)(C)C1CCc2nc(C(C)N)sc2C1. The number of rotatable bonds is 3. The van der Waals surface area contributed by atoms with E-state index in [0.29, 0.717) is 5.41 Å². The summed E-state index contributed by atoms with van der Waals surface area (Å²) in [7, 11) is 0. The van der Waals surface area contributed by atoms with E-state index in [1.807, 2.05) is 18.3 Å². The van der Waals surface area contributed by atoms with Crippen molar-refractivity contribution in [2.24, 2.45) is 17.1 Å². The third-order valence-electron chi connectivity index (χ3n) is 4.36. The van der Waals surface area contributed by atoms with Crippen LogP contribution in [0.1, 0.15) is 62.2 Å². The largest absolute Gasteiger partial charge is 0.322 e. The molecular formula is C14H24N2S. The molecule has 0 saturated carbocycles. The summed E-state index contributed by atoms with van der Waals surface area (Å²) in [5.74, 6) is 0.807. The van der Waals surface area contributed by atoms with Gasteiger partial charge in [-0.15, -0.1) is 11.3 Å². The Bertz CT molecular complexity index is 393. The normalized spacial score (nSPS) is 22.3. The summed E-state index contributed by atoms with van der Waals surface area (Å²) in [5, 5.41) is 1.12. The van der Waals surface area contributed by atoms with Gasteiger partial charge in [0.1, 0.15) is 5.01 Å². The molecule has 0 radical (unpaired) electrons. The molecule has 0 bridgehead atoms. The molecule has 2 unspecified atom stereocenters. The number of hydrogen-bond acceptors (Lipinski definition) is 3. The molecule has 2 atom stereocenters. The summed E-state index contributed by atoms with van der Waals surface area (Å²) in [4.78, 5) is 6.18. The minimum atomic E-state index is 0.0863. The molecule has 1 heterocycles. The quantitative estimate of drug-likeness (QED) is 0.890. The second kappa shape index (κ2) is 4.69. The van der Waals surface area contributed by atoms with Gasteiger partial charge >= 0.3 is 0 Å². The first kappa shape index (κ1) is 13.0. The molecule has 3 heteroatoms. The maximum Gasteiger partial charge on any atom is 0.110 e. The predicted molar refractivity (Wildman–Crippen MR) is 74.3 cm³/mol. The second-order valence-electron chi connectivity index (χ2n) is 5.99. The van der Waals surface area contributed by atoms with Crippen molar-refractivity contribution < 1.29 is 0 Å². The van der Waals surface area contributed by atoms with Crippen molar-refractivity contribution in [3.8, 4) is 0 Å². The predicted octanol–water partition coefficient (Wildman–Crippen LogP) is 3.70. The first-order valence-corrected chi connectivity index (χ1v) is 7.49. The molecular weight excluding hydrogens is 228 g/mol. The van der Waals surface area contributed by atoms with Crippen LogP contribution in [0.3, 0.4) is 0 Å². The van der Waals surface area contributed by atoms with Crippen LogP contribution in [0.25, 0.3) is 0 Å². The van der Waals surface area contributed by atoms with Gasteiger partial charge in [-0.1, -0.05) is 27.2 Å². The average molecular weight is 252 g/mol. The number of aryl methyl sites for hydroxylation is 1. The van der Waals surface area contributed by atoms with E-state index >= 15 is 0 Å². The first-order chi connectivity index (χ1) is 7.94. The van der Waals surface area contributed by atoms with E-state index in [-0.39, 0.29) is 6.04 Å². The highest BCUT2D eigenvalue weighted by Crippen LogP contribution is 2.41. The van der Waals surface area contributed by atoms with Crippen LogP contribution >= 0.6 is 11.3 Å². The lowest BCUT2D eigenvalue weighted by atomic mass is 9.70. The van der Waals surface area contributed by atoms with E-state index in [0.717, 1.165) is 17.3 Å². The molecule has 96 valence electrons. The second-order valence-corrected chi connectivity index (χ2v) is 7.11. The summed E-state index contributed by atoms with van der Waals surface area (Å²) >= 11 is 1.84. The Balaban J connectivity index is 2.19. The molecule has 1 aliphatic rings. The average Bonchev–Trinajstić information content (AvgIpc) is 2.71. The van der Waals surface area contributed by atoms with Crippen LogP contribution in [0, 0.1) is 11.3 Å². The maximum atomic E-state index is 5.92. The zero-order valence-corrected chi connectivity index (χ0v) is 12.2. The van der Waals surface area contributed by atoms with Gasteiger partial charge in [-0.2, -0.15) is 0 Å². The Labute approximate surface area is 109 Å². The molecule has 1 aromatic rings. The lowest BCUT2D eigenvalue weighted by Crippen LogP contribution is -2.28. The van der Waals surface area contributed by atoms with E-state index in [4.69, 9.17) is 5.73 Å². The Morgan fingerprint density at radius 1 is 1.53 bits per heavy atom. The van der Waals surface area contributed by atoms with Gasteiger partial charge < -0.3 is 5.73 Å². The highest BCUT2D eigenvalue weighted by molar-refractivity contribution is 7.11. The van der Waals surface area contributed by atoms with Crippen molar-refractivity contribution in [2.45, 2.75) is 59.4 Å². The Morgan fingerprint density at radius 2 is 2.24 bits per heavy atom. The van der Waals surface area contributed by atoms with Crippen LogP contribution < -0.4 is 5.73 Å². The molecule has 0 aromatic carbocycles. The van der Waals surface area contributed by atoms with E-state index in [9.17, 15) is 0 Å². The molecule has 1 aromatic heterocycles. The zero-order chi connectivity index (χ0) is 12.6. The van der Waals surface area contributed by atoms with Gasteiger partial charge in [-0.05, 0) is 37.5 Å². The van der Waals surface area contributed by atoms with Crippen LogP contribution in [0.15, 0.2) is 0 Å². The van der Waals surface area contributed by atoms with Gasteiger partial charge in [0.15, 0.2) is 0 Å². The molecule has 0 aliphatic heterocycles. The van der Waals surface area contributed by atoms with Gasteiger partial charge in [0.05, 0.1) is 11.7 Å². The van der Waals surface area contributed by atoms with Crippen molar-refractivity contribution in [1.82, 2.24) is 4.98 Å². The van der Waals surface area contributed by atoms with Crippen molar-refractivity contribution in [3.05, 3.63) is 15.6 Å². The van der Waals surface area contributed by atoms with Crippen LogP contribution in [0.5, 0.6) is 0 Å². The molecule has 2 rings (SSSR count). The van der Waals surface area contributed by atoms with E-state index in [1.165, 1.54) is 29.8 Å². The Hall–Kier alpha value is -0.410. The molecule has 0 amide bonds. The Morgan fingerprint density at radius 3 is 2.82 bits per heavy atom. The van der Waals surface area contributed by atoms with Crippen molar-refractivity contribution in [3.63, 3.8) is 0 Å². The van der Waals surface area contributed by atoms with Crippen LogP contribution in [-0.4, -0.2) is 4.98 Å². The number of nitrogens with zero attached hydrogens (tertiary/aromatic N) is 1. The third kappa shape index (κ3) is 2.55. The van der Waals surface area contributed by atoms with E-state index < -0.39 is 0 Å². The van der Waals surface area contributed by atoms with Gasteiger partial charge in [0.25, 0.3) is 0 Å². The minimum absolute atomic E-state index is 0.0863. The lowest BCUT2D eigenvalue weighted by Gasteiger charge is -2.35.